The molecule has 4 aliphatic rings. The number of nitrogens with zero attached hydrogens (tertiary/aromatic N) is 2. The minimum atomic E-state index is -1.34. The fourth-order valence-electron chi connectivity index (χ4n) is 7.63. The number of ether oxygens (including phenoxy) is 2. The summed E-state index contributed by atoms with van der Waals surface area (Å²) in [5.41, 5.74) is -1.97. The zero-order chi connectivity index (χ0) is 34.2. The van der Waals surface area contributed by atoms with Crippen LogP contribution in [0.25, 0.3) is 0 Å². The second-order valence-corrected chi connectivity index (χ2v) is 16.5. The molecule has 3 fully saturated rings. The number of allylic oxidation sites excluding steroid dienone is 2. The average molecular weight is 648 g/mol. The van der Waals surface area contributed by atoms with Crippen molar-refractivity contribution >= 4 is 23.9 Å². The van der Waals surface area contributed by atoms with Crippen LogP contribution in [-0.4, -0.2) is 101 Å². The van der Waals surface area contributed by atoms with E-state index >= 15 is 0 Å². The first-order valence-corrected chi connectivity index (χ1v) is 17.0. The molecule has 11 heteroatoms. The Morgan fingerprint density at radius 1 is 1.04 bits per heavy atom. The fourth-order valence-corrected chi connectivity index (χ4v) is 7.63. The molecule has 260 valence electrons. The number of carbonyl (C=O) groups excluding carboxylic acids is 3. The third kappa shape index (κ3) is 7.89. The molecule has 3 unspecified atom stereocenters. The van der Waals surface area contributed by atoms with E-state index in [1.54, 1.807) is 32.6 Å². The minimum absolute atomic E-state index is 0.0309. The highest BCUT2D eigenvalue weighted by Gasteiger charge is 2.62. The predicted molar refractivity (Wildman–Crippen MR) is 173 cm³/mol. The van der Waals surface area contributed by atoms with Crippen LogP contribution in [-0.2, 0) is 23.9 Å². The Balaban J connectivity index is 1.44. The first-order chi connectivity index (χ1) is 21.4. The second-order valence-electron chi connectivity index (χ2n) is 16.5. The van der Waals surface area contributed by atoms with E-state index in [2.05, 4.69) is 45.2 Å². The largest absolute Gasteiger partial charge is 0.480 e. The third-order valence-electron chi connectivity index (χ3n) is 10.8. The summed E-state index contributed by atoms with van der Waals surface area (Å²) in [6.45, 7) is 16.5. The average Bonchev–Trinajstić information content (AvgIpc) is 3.40. The molecular weight excluding hydrogens is 590 g/mol. The van der Waals surface area contributed by atoms with Gasteiger partial charge in [-0.3, -0.25) is 9.59 Å². The fraction of sp³-hybridized carbons (Fsp3) is 0.829. The Morgan fingerprint density at radius 3 is 2.22 bits per heavy atom. The zero-order valence-electron chi connectivity index (χ0n) is 29.1. The molecule has 4 rings (SSSR count). The Labute approximate surface area is 274 Å². The maximum atomic E-state index is 13.9. The van der Waals surface area contributed by atoms with Crippen LogP contribution in [0.2, 0.25) is 0 Å². The number of carboxylic acids is 1. The van der Waals surface area contributed by atoms with Crippen LogP contribution in [0.3, 0.4) is 0 Å². The summed E-state index contributed by atoms with van der Waals surface area (Å²) < 4.78 is 11.7. The quantitative estimate of drug-likeness (QED) is 0.269. The van der Waals surface area contributed by atoms with Crippen LogP contribution in [0, 0.1) is 39.9 Å². The van der Waals surface area contributed by atoms with Gasteiger partial charge in [-0.15, -0.1) is 0 Å². The smallest absolute Gasteiger partial charge is 0.410 e. The summed E-state index contributed by atoms with van der Waals surface area (Å²) >= 11 is 0. The van der Waals surface area contributed by atoms with Gasteiger partial charge in [0.15, 0.2) is 6.04 Å². The number of hydrogen-bond acceptors (Lipinski definition) is 7. The van der Waals surface area contributed by atoms with Crippen LogP contribution in [0.1, 0.15) is 87.5 Å². The molecule has 3 N–H and O–H groups in total. The van der Waals surface area contributed by atoms with Crippen molar-refractivity contribution in [2.24, 2.45) is 39.9 Å². The van der Waals surface area contributed by atoms with Gasteiger partial charge in [0.05, 0.1) is 25.2 Å². The summed E-state index contributed by atoms with van der Waals surface area (Å²) in [5.74, 6) is -1.64. The molecule has 11 nitrogen and oxygen atoms in total. The topological polar surface area (TPSA) is 146 Å². The number of aliphatic hydroxyl groups is 1. The molecule has 1 saturated carbocycles. The Kier molecular flexibility index (Phi) is 10.6. The van der Waals surface area contributed by atoms with Crippen LogP contribution < -0.4 is 5.32 Å². The van der Waals surface area contributed by atoms with Crippen molar-refractivity contribution in [2.75, 3.05) is 39.4 Å². The summed E-state index contributed by atoms with van der Waals surface area (Å²) in [4.78, 5) is 55.8. The number of hydrogen-bond donors (Lipinski definition) is 3. The molecule has 0 aromatic heterocycles. The van der Waals surface area contributed by atoms with Gasteiger partial charge < -0.3 is 34.8 Å². The van der Waals surface area contributed by atoms with Gasteiger partial charge in [-0.25, -0.2) is 9.59 Å². The van der Waals surface area contributed by atoms with Crippen molar-refractivity contribution in [3.8, 4) is 0 Å². The highest BCUT2D eigenvalue weighted by Crippen LogP contribution is 2.54. The highest BCUT2D eigenvalue weighted by molar-refractivity contribution is 5.88. The van der Waals surface area contributed by atoms with Crippen LogP contribution in [0.4, 0.5) is 4.79 Å². The van der Waals surface area contributed by atoms with Crippen molar-refractivity contribution in [1.29, 1.82) is 0 Å². The SMILES string of the molecule is CCCC(C)C1C=CCC(CO)(CO[C@H](C)[C@H](NC(=O)[C@@H]2CN(C(=O)OC(C)(C)C)CC23CN(C(=O)[C@H]2CC2(C)C)C3)C(=O)O)C1. The molecule has 0 aromatic rings. The second kappa shape index (κ2) is 13.5. The van der Waals surface area contributed by atoms with Crippen LogP contribution in [0.15, 0.2) is 12.2 Å². The van der Waals surface area contributed by atoms with Gasteiger partial charge in [-0.2, -0.15) is 0 Å². The summed E-state index contributed by atoms with van der Waals surface area (Å²) in [6, 6.07) is -1.34. The first-order valence-electron chi connectivity index (χ1n) is 17.0. The van der Waals surface area contributed by atoms with Gasteiger partial charge >= 0.3 is 12.1 Å². The molecule has 0 aromatic carbocycles. The van der Waals surface area contributed by atoms with Gasteiger partial charge in [0, 0.05) is 42.9 Å². The number of aliphatic carboxylic acids is 1. The highest BCUT2D eigenvalue weighted by atomic mass is 16.6. The number of amides is 3. The number of rotatable bonds is 12. The monoisotopic (exact) mass is 647 g/mol. The number of aliphatic hydroxyl groups excluding tert-OH is 1. The van der Waals surface area contributed by atoms with Gasteiger partial charge in [-0.05, 0) is 64.2 Å². The molecule has 0 radical (unpaired) electrons. The van der Waals surface area contributed by atoms with Crippen LogP contribution in [0.5, 0.6) is 0 Å². The van der Waals surface area contributed by atoms with E-state index in [4.69, 9.17) is 9.47 Å². The van der Waals surface area contributed by atoms with E-state index < -0.39 is 52.5 Å². The lowest BCUT2D eigenvalue weighted by Gasteiger charge is -2.50. The lowest BCUT2D eigenvalue weighted by molar-refractivity contribution is -0.154. The van der Waals surface area contributed by atoms with Gasteiger partial charge in [-0.1, -0.05) is 52.7 Å². The standard InChI is InChI=1S/C35H57N3O8/c1-9-11-22(2)24-12-10-13-34(14-24,20-39)21-45-23(3)27(30(42)43)36-28(40)26-16-37(31(44)46-32(4,5)6)17-35(26)18-38(19-35)29(41)25-15-33(25,7)8/h10,12,22-27,39H,9,11,13-21H2,1-8H3,(H,36,40)(H,42,43)/t22?,23-,24?,25-,26+,27+,34?/m1/s1. The third-order valence-corrected chi connectivity index (χ3v) is 10.8. The molecule has 7 atom stereocenters. The number of likely N-dealkylation sites (tertiary alicyclic amines) is 2. The van der Waals surface area contributed by atoms with Gasteiger partial charge in [0.1, 0.15) is 5.60 Å². The van der Waals surface area contributed by atoms with E-state index in [1.165, 1.54) is 4.90 Å². The Bertz CT molecular complexity index is 1190. The van der Waals surface area contributed by atoms with E-state index in [-0.39, 0.29) is 43.5 Å². The first kappa shape index (κ1) is 36.2. The molecule has 46 heavy (non-hydrogen) atoms. The molecule has 2 saturated heterocycles. The molecule has 2 aliphatic heterocycles. The summed E-state index contributed by atoms with van der Waals surface area (Å²) in [5, 5.41) is 23.3. The molecular formula is C35H57N3O8. The Hall–Kier alpha value is -2.66. The number of carbonyl (C=O) groups is 4. The zero-order valence-corrected chi connectivity index (χ0v) is 29.1. The lowest BCUT2D eigenvalue weighted by Crippen LogP contribution is -2.65. The van der Waals surface area contributed by atoms with E-state index in [9.17, 15) is 29.4 Å². The van der Waals surface area contributed by atoms with Crippen molar-refractivity contribution in [3.05, 3.63) is 12.2 Å². The van der Waals surface area contributed by atoms with E-state index in [0.29, 0.717) is 31.3 Å². The maximum absolute atomic E-state index is 13.9. The maximum Gasteiger partial charge on any atom is 0.410 e. The van der Waals surface area contributed by atoms with Gasteiger partial charge in [0.25, 0.3) is 0 Å². The Morgan fingerprint density at radius 2 is 1.67 bits per heavy atom. The predicted octanol–water partition coefficient (Wildman–Crippen LogP) is 4.08. The minimum Gasteiger partial charge on any atom is -0.480 e. The van der Waals surface area contributed by atoms with E-state index in [0.717, 1.165) is 25.7 Å². The van der Waals surface area contributed by atoms with Gasteiger partial charge in [0.2, 0.25) is 11.8 Å². The van der Waals surface area contributed by atoms with Crippen molar-refractivity contribution in [1.82, 2.24) is 15.1 Å². The van der Waals surface area contributed by atoms with E-state index in [1.807, 2.05) is 0 Å². The van der Waals surface area contributed by atoms with Crippen molar-refractivity contribution < 1.29 is 38.9 Å². The van der Waals surface area contributed by atoms with Crippen molar-refractivity contribution in [3.63, 3.8) is 0 Å². The summed E-state index contributed by atoms with van der Waals surface area (Å²) in [6.07, 6.45) is 7.26. The number of carboxylic acid groups (broad SMARTS) is 1. The van der Waals surface area contributed by atoms with Crippen molar-refractivity contribution in [2.45, 2.75) is 105 Å². The molecule has 2 heterocycles. The summed E-state index contributed by atoms with van der Waals surface area (Å²) in [7, 11) is 0. The molecule has 0 bridgehead atoms. The van der Waals surface area contributed by atoms with Crippen LogP contribution >= 0.6 is 0 Å². The normalized spacial score (nSPS) is 29.9. The number of nitrogens with one attached hydrogen (secondary N) is 1. The molecule has 1 spiro atoms. The lowest BCUT2D eigenvalue weighted by atomic mass is 9.70. The molecule has 2 aliphatic carbocycles. The molecule has 3 amide bonds.